The van der Waals surface area contributed by atoms with Crippen molar-refractivity contribution in [1.29, 1.82) is 0 Å². The second-order valence-corrected chi connectivity index (χ2v) is 6.75. The van der Waals surface area contributed by atoms with E-state index >= 15 is 0 Å². The monoisotopic (exact) mass is 318 g/mol. The van der Waals surface area contributed by atoms with E-state index in [4.69, 9.17) is 0 Å². The Labute approximate surface area is 130 Å². The van der Waals surface area contributed by atoms with Gasteiger partial charge in [0, 0.05) is 44.3 Å². The van der Waals surface area contributed by atoms with E-state index in [2.05, 4.69) is 19.9 Å². The zero-order chi connectivity index (χ0) is 15.4. The summed E-state index contributed by atoms with van der Waals surface area (Å²) >= 11 is 0. The number of nitrogens with one attached hydrogen (secondary N) is 2. The van der Waals surface area contributed by atoms with Gasteiger partial charge in [0.1, 0.15) is 0 Å². The van der Waals surface area contributed by atoms with Gasteiger partial charge >= 0.3 is 0 Å². The molecule has 1 aromatic carbocycles. The maximum absolute atomic E-state index is 12.3. The molecule has 0 bridgehead atoms. The van der Waals surface area contributed by atoms with Crippen molar-refractivity contribution in [3.63, 3.8) is 0 Å². The molecule has 1 aromatic heterocycles. The Morgan fingerprint density at radius 1 is 1.00 bits per heavy atom. The molecule has 0 unspecified atom stereocenters. The highest BCUT2D eigenvalue weighted by Crippen LogP contribution is 2.20. The highest BCUT2D eigenvalue weighted by molar-refractivity contribution is 7.92. The van der Waals surface area contributed by atoms with Crippen LogP contribution < -0.4 is 14.9 Å². The zero-order valence-electron chi connectivity index (χ0n) is 12.1. The lowest BCUT2D eigenvalue weighted by Crippen LogP contribution is -2.43. The summed E-state index contributed by atoms with van der Waals surface area (Å²) in [4.78, 5) is 6.36. The first-order chi connectivity index (χ1) is 10.6. The number of hydrogen-bond donors (Lipinski definition) is 2. The lowest BCUT2D eigenvalue weighted by atomic mass is 10.2. The molecule has 1 fully saturated rings. The van der Waals surface area contributed by atoms with Crippen molar-refractivity contribution in [2.45, 2.75) is 4.90 Å². The van der Waals surface area contributed by atoms with Gasteiger partial charge in [-0.05, 0) is 36.4 Å². The summed E-state index contributed by atoms with van der Waals surface area (Å²) in [5.41, 5.74) is 1.55. The summed E-state index contributed by atoms with van der Waals surface area (Å²) in [5.74, 6) is 0. The van der Waals surface area contributed by atoms with Gasteiger partial charge in [-0.25, -0.2) is 8.42 Å². The topological polar surface area (TPSA) is 74.3 Å². The fourth-order valence-electron chi connectivity index (χ4n) is 2.39. The molecule has 0 atom stereocenters. The maximum atomic E-state index is 12.3. The molecule has 22 heavy (non-hydrogen) atoms. The molecule has 1 aliphatic heterocycles. The van der Waals surface area contributed by atoms with E-state index in [0.717, 1.165) is 31.9 Å². The summed E-state index contributed by atoms with van der Waals surface area (Å²) in [6.07, 6.45) is 3.09. The molecule has 6 nitrogen and oxygen atoms in total. The fourth-order valence-corrected chi connectivity index (χ4v) is 3.45. The Morgan fingerprint density at radius 2 is 1.64 bits per heavy atom. The van der Waals surface area contributed by atoms with Crippen LogP contribution in [-0.4, -0.2) is 39.6 Å². The summed E-state index contributed by atoms with van der Waals surface area (Å²) in [6.45, 7) is 3.76. The molecule has 0 radical (unpaired) electrons. The van der Waals surface area contributed by atoms with Crippen molar-refractivity contribution in [1.82, 2.24) is 10.3 Å². The Hall–Kier alpha value is -2.12. The molecule has 0 amide bonds. The maximum Gasteiger partial charge on any atom is 0.261 e. The van der Waals surface area contributed by atoms with Gasteiger partial charge in [-0.15, -0.1) is 0 Å². The average Bonchev–Trinajstić information content (AvgIpc) is 2.56. The molecule has 2 aromatic rings. The van der Waals surface area contributed by atoms with Gasteiger partial charge in [0.05, 0.1) is 10.6 Å². The first-order valence-electron chi connectivity index (χ1n) is 7.14. The molecular formula is C15H18N4O2S. The highest BCUT2D eigenvalue weighted by Gasteiger charge is 2.15. The minimum atomic E-state index is -3.57. The third-order valence-electron chi connectivity index (χ3n) is 3.56. The lowest BCUT2D eigenvalue weighted by Gasteiger charge is -2.29. The van der Waals surface area contributed by atoms with Gasteiger partial charge in [-0.3, -0.25) is 9.71 Å². The summed E-state index contributed by atoms with van der Waals surface area (Å²) < 4.78 is 27.2. The standard InChI is InChI=1S/C15H18N4O2S/c20-22(21,18-13-5-7-16-8-6-13)15-3-1-14(2-4-15)19-11-9-17-10-12-19/h1-8,17H,9-12H2,(H,16,18). The third-order valence-corrected chi connectivity index (χ3v) is 4.96. The van der Waals surface area contributed by atoms with Crippen LogP contribution in [0.2, 0.25) is 0 Å². The second-order valence-electron chi connectivity index (χ2n) is 5.07. The molecule has 116 valence electrons. The number of benzene rings is 1. The van der Waals surface area contributed by atoms with Crippen LogP contribution in [0.5, 0.6) is 0 Å². The molecular weight excluding hydrogens is 300 g/mol. The molecule has 1 aliphatic rings. The van der Waals surface area contributed by atoms with Crippen LogP contribution in [0.25, 0.3) is 0 Å². The molecule has 0 saturated carbocycles. The molecule has 2 heterocycles. The Bertz CT molecular complexity index is 711. The number of rotatable bonds is 4. The summed E-state index contributed by atoms with van der Waals surface area (Å²) in [6, 6.07) is 10.2. The van der Waals surface area contributed by atoms with E-state index in [9.17, 15) is 8.42 Å². The predicted octanol–water partition coefficient (Wildman–Crippen LogP) is 1.29. The van der Waals surface area contributed by atoms with Crippen LogP contribution in [0.15, 0.2) is 53.7 Å². The molecule has 1 saturated heterocycles. The lowest BCUT2D eigenvalue weighted by molar-refractivity contribution is 0.589. The Balaban J connectivity index is 1.76. The van der Waals surface area contributed by atoms with E-state index < -0.39 is 10.0 Å². The van der Waals surface area contributed by atoms with Gasteiger partial charge in [-0.1, -0.05) is 0 Å². The fraction of sp³-hybridized carbons (Fsp3) is 0.267. The van der Waals surface area contributed by atoms with Crippen molar-refractivity contribution >= 4 is 21.4 Å². The number of nitrogens with zero attached hydrogens (tertiary/aromatic N) is 2. The number of pyridine rings is 1. The highest BCUT2D eigenvalue weighted by atomic mass is 32.2. The van der Waals surface area contributed by atoms with Gasteiger partial charge < -0.3 is 10.2 Å². The number of aromatic nitrogens is 1. The summed E-state index contributed by atoms with van der Waals surface area (Å²) in [5, 5.41) is 3.29. The van der Waals surface area contributed by atoms with Crippen molar-refractivity contribution in [2.75, 3.05) is 35.8 Å². The Morgan fingerprint density at radius 3 is 2.27 bits per heavy atom. The van der Waals surface area contributed by atoms with E-state index in [0.29, 0.717) is 5.69 Å². The third kappa shape index (κ3) is 3.37. The smallest absolute Gasteiger partial charge is 0.261 e. The van der Waals surface area contributed by atoms with Crippen LogP contribution in [0.1, 0.15) is 0 Å². The van der Waals surface area contributed by atoms with Crippen LogP contribution in [0.4, 0.5) is 11.4 Å². The first kappa shape index (κ1) is 14.8. The number of piperazine rings is 1. The quantitative estimate of drug-likeness (QED) is 0.889. The van der Waals surface area contributed by atoms with Gasteiger partial charge in [0.25, 0.3) is 10.0 Å². The van der Waals surface area contributed by atoms with Crippen LogP contribution in [0.3, 0.4) is 0 Å². The van der Waals surface area contributed by atoms with Gasteiger partial charge in [0.15, 0.2) is 0 Å². The van der Waals surface area contributed by atoms with Crippen LogP contribution in [0, 0.1) is 0 Å². The molecule has 2 N–H and O–H groups in total. The predicted molar refractivity (Wildman–Crippen MR) is 86.6 cm³/mol. The van der Waals surface area contributed by atoms with Crippen molar-refractivity contribution in [3.05, 3.63) is 48.8 Å². The normalized spacial score (nSPS) is 15.5. The summed E-state index contributed by atoms with van der Waals surface area (Å²) in [7, 11) is -3.57. The average molecular weight is 318 g/mol. The van der Waals surface area contributed by atoms with E-state index in [1.807, 2.05) is 12.1 Å². The Kier molecular flexibility index (Phi) is 4.26. The van der Waals surface area contributed by atoms with Crippen molar-refractivity contribution in [2.24, 2.45) is 0 Å². The van der Waals surface area contributed by atoms with Crippen LogP contribution in [-0.2, 0) is 10.0 Å². The van der Waals surface area contributed by atoms with Crippen molar-refractivity contribution < 1.29 is 8.42 Å². The first-order valence-corrected chi connectivity index (χ1v) is 8.62. The van der Waals surface area contributed by atoms with E-state index in [1.54, 1.807) is 36.7 Å². The van der Waals surface area contributed by atoms with Crippen molar-refractivity contribution in [3.8, 4) is 0 Å². The zero-order valence-corrected chi connectivity index (χ0v) is 12.9. The number of sulfonamides is 1. The van der Waals surface area contributed by atoms with E-state index in [-0.39, 0.29) is 4.90 Å². The number of hydrogen-bond acceptors (Lipinski definition) is 5. The van der Waals surface area contributed by atoms with Crippen LogP contribution >= 0.6 is 0 Å². The molecule has 0 spiro atoms. The number of anilines is 2. The molecule has 3 rings (SSSR count). The minimum absolute atomic E-state index is 0.253. The SMILES string of the molecule is O=S(=O)(Nc1ccncc1)c1ccc(N2CCNCC2)cc1. The minimum Gasteiger partial charge on any atom is -0.369 e. The molecule has 0 aliphatic carbocycles. The largest absolute Gasteiger partial charge is 0.369 e. The second kappa shape index (κ2) is 6.33. The molecule has 7 heteroatoms. The van der Waals surface area contributed by atoms with Gasteiger partial charge in [0.2, 0.25) is 0 Å². The van der Waals surface area contributed by atoms with E-state index in [1.165, 1.54) is 0 Å². The van der Waals surface area contributed by atoms with Gasteiger partial charge in [-0.2, -0.15) is 0 Å².